The average Bonchev–Trinajstić information content (AvgIpc) is 3.15. The van der Waals surface area contributed by atoms with Crippen LogP contribution in [0, 0.1) is 0 Å². The first-order valence-corrected chi connectivity index (χ1v) is 10.0. The van der Waals surface area contributed by atoms with Gasteiger partial charge in [-0.25, -0.2) is 19.9 Å². The van der Waals surface area contributed by atoms with Crippen molar-refractivity contribution < 1.29 is 9.47 Å². The lowest BCUT2D eigenvalue weighted by Gasteiger charge is -2.28. The summed E-state index contributed by atoms with van der Waals surface area (Å²) in [7, 11) is 1.69. The van der Waals surface area contributed by atoms with Crippen LogP contribution in [0.15, 0.2) is 18.3 Å². The van der Waals surface area contributed by atoms with E-state index in [2.05, 4.69) is 9.88 Å². The molecule has 2 N–H and O–H groups in total. The van der Waals surface area contributed by atoms with Crippen molar-refractivity contribution in [2.45, 2.75) is 25.9 Å². The molecule has 3 aromatic rings. The molecule has 8 nitrogen and oxygen atoms in total. The summed E-state index contributed by atoms with van der Waals surface area (Å²) < 4.78 is 11.1. The van der Waals surface area contributed by atoms with Crippen molar-refractivity contribution in [2.24, 2.45) is 0 Å². The first-order valence-electron chi connectivity index (χ1n) is 9.22. The molecule has 1 fully saturated rings. The van der Waals surface area contributed by atoms with Crippen LogP contribution in [0.3, 0.4) is 0 Å². The van der Waals surface area contributed by atoms with E-state index in [4.69, 9.17) is 30.2 Å². The van der Waals surface area contributed by atoms with E-state index in [1.165, 1.54) is 0 Å². The molecule has 0 spiro atoms. The zero-order chi connectivity index (χ0) is 19.7. The number of anilines is 2. The van der Waals surface area contributed by atoms with Crippen LogP contribution in [0.4, 0.5) is 11.6 Å². The van der Waals surface area contributed by atoms with Crippen LogP contribution in [0.2, 0.25) is 0 Å². The lowest BCUT2D eigenvalue weighted by molar-refractivity contribution is 0.0192. The van der Waals surface area contributed by atoms with E-state index in [9.17, 15) is 0 Å². The van der Waals surface area contributed by atoms with Gasteiger partial charge >= 0.3 is 0 Å². The fourth-order valence-electron chi connectivity index (χ4n) is 2.99. The van der Waals surface area contributed by atoms with Crippen molar-refractivity contribution in [1.82, 2.24) is 19.9 Å². The van der Waals surface area contributed by atoms with Gasteiger partial charge in [0.05, 0.1) is 13.2 Å². The first-order chi connectivity index (χ1) is 13.5. The number of rotatable bonds is 5. The van der Waals surface area contributed by atoms with E-state index < -0.39 is 5.60 Å². The molecule has 9 heteroatoms. The van der Waals surface area contributed by atoms with Crippen LogP contribution < -0.4 is 10.6 Å². The monoisotopic (exact) mass is 400 g/mol. The summed E-state index contributed by atoms with van der Waals surface area (Å²) in [5.41, 5.74) is 7.06. The maximum Gasteiger partial charge on any atom is 0.160 e. The fourth-order valence-corrected chi connectivity index (χ4v) is 4.03. The topological polar surface area (TPSA) is 99.3 Å². The third-order valence-corrected chi connectivity index (χ3v) is 6.09. The number of pyridine rings is 1. The Kier molecular flexibility index (Phi) is 5.13. The minimum absolute atomic E-state index is 0.477. The molecule has 3 aromatic heterocycles. The zero-order valence-corrected chi connectivity index (χ0v) is 17.1. The van der Waals surface area contributed by atoms with Crippen LogP contribution >= 0.6 is 11.3 Å². The molecule has 0 amide bonds. The van der Waals surface area contributed by atoms with Crippen molar-refractivity contribution in [3.63, 3.8) is 0 Å². The van der Waals surface area contributed by atoms with Gasteiger partial charge in [-0.1, -0.05) is 17.4 Å². The smallest absolute Gasteiger partial charge is 0.160 e. The lowest BCUT2D eigenvalue weighted by atomic mass is 10.1. The van der Waals surface area contributed by atoms with E-state index in [0.29, 0.717) is 25.5 Å². The Balaban J connectivity index is 1.78. The number of thiazole rings is 1. The number of methoxy groups -OCH3 is 1. The molecule has 0 aliphatic carbocycles. The average molecular weight is 401 g/mol. The highest BCUT2D eigenvalue weighted by Crippen LogP contribution is 2.35. The first kappa shape index (κ1) is 19.0. The molecular formula is C19H24N6O2S. The minimum atomic E-state index is -0.477. The molecule has 0 bridgehead atoms. The lowest BCUT2D eigenvalue weighted by Crippen LogP contribution is -2.37. The quantitative estimate of drug-likeness (QED) is 0.697. The highest BCUT2D eigenvalue weighted by Gasteiger charge is 2.27. The van der Waals surface area contributed by atoms with Gasteiger partial charge in [-0.05, 0) is 25.5 Å². The number of nitrogens with two attached hydrogens (primary N) is 1. The third kappa shape index (κ3) is 3.78. The molecule has 0 aromatic carbocycles. The third-order valence-electron chi connectivity index (χ3n) is 4.83. The number of ether oxygens (including phenoxy) is 2. The minimum Gasteiger partial charge on any atom is -0.384 e. The van der Waals surface area contributed by atoms with E-state index in [1.54, 1.807) is 30.7 Å². The van der Waals surface area contributed by atoms with Crippen molar-refractivity contribution in [3.05, 3.63) is 34.7 Å². The molecule has 148 valence electrons. The number of morpholine rings is 1. The predicted octanol–water partition coefficient (Wildman–Crippen LogP) is 2.37. The number of nitrogens with zero attached hydrogens (tertiary/aromatic N) is 5. The molecule has 0 saturated carbocycles. The van der Waals surface area contributed by atoms with Crippen LogP contribution in [-0.4, -0.2) is 53.3 Å². The SMILES string of the molecule is COC(C)(C)c1nc2c(N3CCOCC3)nc(Cc3ccc(N)nc3)nc2s1. The summed E-state index contributed by atoms with van der Waals surface area (Å²) in [6.07, 6.45) is 2.35. The van der Waals surface area contributed by atoms with Crippen LogP contribution in [0.1, 0.15) is 30.2 Å². The largest absolute Gasteiger partial charge is 0.384 e. The second-order valence-corrected chi connectivity index (χ2v) is 8.20. The molecule has 28 heavy (non-hydrogen) atoms. The van der Waals surface area contributed by atoms with Crippen LogP contribution in [0.5, 0.6) is 0 Å². The molecule has 1 aliphatic heterocycles. The second-order valence-electron chi connectivity index (χ2n) is 7.22. The summed E-state index contributed by atoms with van der Waals surface area (Å²) in [6.45, 7) is 6.96. The Hall–Kier alpha value is -2.36. The summed E-state index contributed by atoms with van der Waals surface area (Å²) in [4.78, 5) is 21.8. The van der Waals surface area contributed by atoms with Crippen molar-refractivity contribution in [1.29, 1.82) is 0 Å². The standard InChI is InChI=1S/C19H24N6O2S/c1-19(2,26-3)18-24-15-16(25-6-8-27-9-7-25)22-14(23-17(15)28-18)10-12-4-5-13(20)21-11-12/h4-5,11H,6-10H2,1-3H3,(H2,20,21). The van der Waals surface area contributed by atoms with Gasteiger partial charge in [0.25, 0.3) is 0 Å². The van der Waals surface area contributed by atoms with Gasteiger partial charge < -0.3 is 20.1 Å². The number of hydrogen-bond acceptors (Lipinski definition) is 9. The molecule has 0 unspecified atom stereocenters. The Bertz CT molecular complexity index is 966. The van der Waals surface area contributed by atoms with E-state index >= 15 is 0 Å². The van der Waals surface area contributed by atoms with E-state index in [1.807, 2.05) is 19.9 Å². The van der Waals surface area contributed by atoms with Crippen LogP contribution in [-0.2, 0) is 21.5 Å². The highest BCUT2D eigenvalue weighted by atomic mass is 32.1. The molecule has 4 heterocycles. The Labute approximate surface area is 167 Å². The number of hydrogen-bond donors (Lipinski definition) is 1. The molecule has 4 rings (SSSR count). The molecule has 0 radical (unpaired) electrons. The fraction of sp³-hybridized carbons (Fsp3) is 0.474. The second kappa shape index (κ2) is 7.57. The van der Waals surface area contributed by atoms with E-state index in [-0.39, 0.29) is 0 Å². The highest BCUT2D eigenvalue weighted by molar-refractivity contribution is 7.18. The van der Waals surface area contributed by atoms with Gasteiger partial charge in [0.1, 0.15) is 32.6 Å². The van der Waals surface area contributed by atoms with Crippen LogP contribution in [0.25, 0.3) is 10.3 Å². The van der Waals surface area contributed by atoms with Gasteiger partial charge in [-0.3, -0.25) is 0 Å². The summed E-state index contributed by atoms with van der Waals surface area (Å²) in [5, 5.41) is 0.889. The normalized spacial score (nSPS) is 15.3. The van der Waals surface area contributed by atoms with Gasteiger partial charge in [-0.15, -0.1) is 0 Å². The predicted molar refractivity (Wildman–Crippen MR) is 110 cm³/mol. The summed E-state index contributed by atoms with van der Waals surface area (Å²) in [5.74, 6) is 2.11. The zero-order valence-electron chi connectivity index (χ0n) is 16.3. The Morgan fingerprint density at radius 1 is 1.21 bits per heavy atom. The van der Waals surface area contributed by atoms with Crippen molar-refractivity contribution in [3.8, 4) is 0 Å². The Morgan fingerprint density at radius 3 is 2.68 bits per heavy atom. The van der Waals surface area contributed by atoms with Gasteiger partial charge in [0, 0.05) is 32.8 Å². The molecule has 1 saturated heterocycles. The van der Waals surface area contributed by atoms with Crippen molar-refractivity contribution >= 4 is 33.3 Å². The molecular weight excluding hydrogens is 376 g/mol. The molecule has 1 aliphatic rings. The number of nitrogen functional groups attached to an aromatic ring is 1. The van der Waals surface area contributed by atoms with E-state index in [0.717, 1.165) is 45.6 Å². The molecule has 0 atom stereocenters. The summed E-state index contributed by atoms with van der Waals surface area (Å²) in [6, 6.07) is 3.75. The van der Waals surface area contributed by atoms with Gasteiger partial charge in [0.15, 0.2) is 5.82 Å². The van der Waals surface area contributed by atoms with Gasteiger partial charge in [-0.2, -0.15) is 0 Å². The number of aromatic nitrogens is 4. The summed E-state index contributed by atoms with van der Waals surface area (Å²) >= 11 is 1.55. The maximum atomic E-state index is 5.69. The Morgan fingerprint density at radius 2 is 2.00 bits per heavy atom. The van der Waals surface area contributed by atoms with Crippen molar-refractivity contribution in [2.75, 3.05) is 44.0 Å². The number of fused-ring (bicyclic) bond motifs is 1. The maximum absolute atomic E-state index is 5.69. The van der Waals surface area contributed by atoms with Gasteiger partial charge in [0.2, 0.25) is 0 Å².